The number of hydrazone groups is 1. The van der Waals surface area contributed by atoms with Crippen LogP contribution in [0.25, 0.3) is 11.1 Å². The first-order valence-corrected chi connectivity index (χ1v) is 7.53. The fraction of sp³-hybridized carbons (Fsp3) is 0. The van der Waals surface area contributed by atoms with Crippen LogP contribution in [0.1, 0.15) is 5.56 Å². The molecular formula is C17H13BrN4. The molecule has 2 aromatic carbocycles. The predicted molar refractivity (Wildman–Crippen MR) is 92.8 cm³/mol. The van der Waals surface area contributed by atoms with E-state index in [1.165, 1.54) is 0 Å². The SMILES string of the molecule is Brc1ccc(/C=N/Nc2ncc(-c3ccccc3)cn2)cc1. The molecule has 5 heteroatoms. The fourth-order valence-corrected chi connectivity index (χ4v) is 2.14. The van der Waals surface area contributed by atoms with Gasteiger partial charge in [-0.1, -0.05) is 58.4 Å². The van der Waals surface area contributed by atoms with E-state index in [-0.39, 0.29) is 0 Å². The lowest BCUT2D eigenvalue weighted by Gasteiger charge is -2.02. The average Bonchev–Trinajstić information content (AvgIpc) is 2.58. The fourth-order valence-electron chi connectivity index (χ4n) is 1.88. The summed E-state index contributed by atoms with van der Waals surface area (Å²) in [7, 11) is 0. The maximum absolute atomic E-state index is 4.26. The number of hydrogen-bond donors (Lipinski definition) is 1. The van der Waals surface area contributed by atoms with Gasteiger partial charge in [-0.05, 0) is 23.3 Å². The van der Waals surface area contributed by atoms with Crippen molar-refractivity contribution in [2.45, 2.75) is 0 Å². The van der Waals surface area contributed by atoms with Crippen molar-refractivity contribution in [1.82, 2.24) is 9.97 Å². The maximum atomic E-state index is 4.26. The number of rotatable bonds is 4. The van der Waals surface area contributed by atoms with Crippen LogP contribution in [0.2, 0.25) is 0 Å². The van der Waals surface area contributed by atoms with Crippen molar-refractivity contribution in [3.05, 3.63) is 77.0 Å². The molecule has 0 aliphatic heterocycles. The van der Waals surface area contributed by atoms with Crippen molar-refractivity contribution in [2.24, 2.45) is 5.10 Å². The summed E-state index contributed by atoms with van der Waals surface area (Å²) in [5.74, 6) is 0.466. The highest BCUT2D eigenvalue weighted by molar-refractivity contribution is 9.10. The number of halogens is 1. The number of nitrogens with zero attached hydrogens (tertiary/aromatic N) is 3. The molecule has 4 nitrogen and oxygen atoms in total. The maximum Gasteiger partial charge on any atom is 0.243 e. The van der Waals surface area contributed by atoms with Crippen molar-refractivity contribution in [3.8, 4) is 11.1 Å². The minimum Gasteiger partial charge on any atom is -0.245 e. The van der Waals surface area contributed by atoms with Gasteiger partial charge in [0.2, 0.25) is 5.95 Å². The van der Waals surface area contributed by atoms with E-state index in [2.05, 4.69) is 36.4 Å². The highest BCUT2D eigenvalue weighted by Crippen LogP contribution is 2.17. The number of anilines is 1. The first kappa shape index (κ1) is 14.4. The first-order chi connectivity index (χ1) is 10.8. The van der Waals surface area contributed by atoms with Gasteiger partial charge >= 0.3 is 0 Å². The minimum atomic E-state index is 0.466. The van der Waals surface area contributed by atoms with E-state index in [0.717, 1.165) is 21.2 Å². The predicted octanol–water partition coefficient (Wildman–Crippen LogP) is 4.35. The lowest BCUT2D eigenvalue weighted by molar-refractivity contribution is 1.12. The molecule has 0 atom stereocenters. The van der Waals surface area contributed by atoms with Crippen LogP contribution < -0.4 is 5.43 Å². The summed E-state index contributed by atoms with van der Waals surface area (Å²) >= 11 is 3.40. The van der Waals surface area contributed by atoms with Gasteiger partial charge in [0.05, 0.1) is 6.21 Å². The molecule has 0 amide bonds. The quantitative estimate of drug-likeness (QED) is 0.560. The second kappa shape index (κ2) is 6.95. The van der Waals surface area contributed by atoms with Crippen LogP contribution in [0.4, 0.5) is 5.95 Å². The molecule has 0 fully saturated rings. The van der Waals surface area contributed by atoms with Gasteiger partial charge in [-0.2, -0.15) is 5.10 Å². The van der Waals surface area contributed by atoms with Crippen molar-refractivity contribution in [2.75, 3.05) is 5.43 Å². The molecule has 3 rings (SSSR count). The van der Waals surface area contributed by atoms with Gasteiger partial charge in [-0.25, -0.2) is 15.4 Å². The van der Waals surface area contributed by atoms with Crippen LogP contribution in [-0.4, -0.2) is 16.2 Å². The zero-order chi connectivity index (χ0) is 15.2. The summed E-state index contributed by atoms with van der Waals surface area (Å²) in [5, 5.41) is 4.13. The normalized spacial score (nSPS) is 10.8. The molecule has 0 unspecified atom stereocenters. The Labute approximate surface area is 137 Å². The zero-order valence-electron chi connectivity index (χ0n) is 11.6. The Hall–Kier alpha value is -2.53. The molecule has 3 aromatic rings. The van der Waals surface area contributed by atoms with Gasteiger partial charge in [-0.15, -0.1) is 0 Å². The second-order valence-electron chi connectivity index (χ2n) is 4.58. The van der Waals surface area contributed by atoms with E-state index in [1.807, 2.05) is 54.6 Å². The molecule has 0 saturated heterocycles. The number of hydrogen-bond acceptors (Lipinski definition) is 4. The lowest BCUT2D eigenvalue weighted by Crippen LogP contribution is -1.96. The Bertz CT molecular complexity index is 753. The van der Waals surface area contributed by atoms with E-state index in [4.69, 9.17) is 0 Å². The van der Waals surface area contributed by atoms with Gasteiger partial charge < -0.3 is 0 Å². The van der Waals surface area contributed by atoms with Crippen LogP contribution in [0.5, 0.6) is 0 Å². The molecule has 0 aliphatic carbocycles. The summed E-state index contributed by atoms with van der Waals surface area (Å²) in [6.07, 6.45) is 5.28. The number of nitrogens with one attached hydrogen (secondary N) is 1. The smallest absolute Gasteiger partial charge is 0.243 e. The summed E-state index contributed by atoms with van der Waals surface area (Å²) < 4.78 is 1.04. The Balaban J connectivity index is 1.65. The van der Waals surface area contributed by atoms with Gasteiger partial charge in [0.1, 0.15) is 0 Å². The molecular weight excluding hydrogens is 340 g/mol. The molecule has 1 aromatic heterocycles. The van der Waals surface area contributed by atoms with Crippen LogP contribution in [0.15, 0.2) is 76.6 Å². The summed E-state index contributed by atoms with van der Waals surface area (Å²) in [5.41, 5.74) is 5.88. The Kier molecular flexibility index (Phi) is 4.56. The molecule has 0 saturated carbocycles. The molecule has 1 N–H and O–H groups in total. The number of aromatic nitrogens is 2. The van der Waals surface area contributed by atoms with Crippen LogP contribution in [-0.2, 0) is 0 Å². The molecule has 0 radical (unpaired) electrons. The molecule has 1 heterocycles. The Morgan fingerprint density at radius 1 is 0.864 bits per heavy atom. The Morgan fingerprint density at radius 2 is 1.55 bits per heavy atom. The van der Waals surface area contributed by atoms with Crippen LogP contribution in [0.3, 0.4) is 0 Å². The van der Waals surface area contributed by atoms with E-state index < -0.39 is 0 Å². The van der Waals surface area contributed by atoms with E-state index in [0.29, 0.717) is 5.95 Å². The third-order valence-corrected chi connectivity index (χ3v) is 3.54. The summed E-state index contributed by atoms with van der Waals surface area (Å²) in [6.45, 7) is 0. The Morgan fingerprint density at radius 3 is 2.23 bits per heavy atom. The van der Waals surface area contributed by atoms with E-state index in [1.54, 1.807) is 18.6 Å². The topological polar surface area (TPSA) is 50.2 Å². The van der Waals surface area contributed by atoms with Gasteiger partial charge in [0.25, 0.3) is 0 Å². The minimum absolute atomic E-state index is 0.466. The van der Waals surface area contributed by atoms with Gasteiger partial charge in [0.15, 0.2) is 0 Å². The third kappa shape index (κ3) is 3.77. The molecule has 0 aliphatic rings. The highest BCUT2D eigenvalue weighted by atomic mass is 79.9. The molecule has 22 heavy (non-hydrogen) atoms. The lowest BCUT2D eigenvalue weighted by atomic mass is 10.1. The summed E-state index contributed by atoms with van der Waals surface area (Å²) in [6, 6.07) is 17.9. The first-order valence-electron chi connectivity index (χ1n) is 6.73. The van der Waals surface area contributed by atoms with Crippen LogP contribution in [0, 0.1) is 0 Å². The van der Waals surface area contributed by atoms with Crippen molar-refractivity contribution in [1.29, 1.82) is 0 Å². The number of benzene rings is 2. The third-order valence-electron chi connectivity index (χ3n) is 3.01. The second-order valence-corrected chi connectivity index (χ2v) is 5.50. The van der Waals surface area contributed by atoms with E-state index in [9.17, 15) is 0 Å². The van der Waals surface area contributed by atoms with Crippen molar-refractivity contribution >= 4 is 28.1 Å². The van der Waals surface area contributed by atoms with Gasteiger partial charge in [0, 0.05) is 22.4 Å². The summed E-state index contributed by atoms with van der Waals surface area (Å²) in [4.78, 5) is 8.51. The zero-order valence-corrected chi connectivity index (χ0v) is 13.2. The van der Waals surface area contributed by atoms with Crippen molar-refractivity contribution in [3.63, 3.8) is 0 Å². The molecule has 108 valence electrons. The van der Waals surface area contributed by atoms with Crippen LogP contribution >= 0.6 is 15.9 Å². The van der Waals surface area contributed by atoms with Crippen molar-refractivity contribution < 1.29 is 0 Å². The van der Waals surface area contributed by atoms with E-state index >= 15 is 0 Å². The standard InChI is InChI=1S/C17H13BrN4/c18-16-8-6-13(7-9-16)10-21-22-17-19-11-15(12-20-17)14-4-2-1-3-5-14/h1-12H,(H,19,20,22)/b21-10+. The molecule has 0 bridgehead atoms. The monoisotopic (exact) mass is 352 g/mol. The largest absolute Gasteiger partial charge is 0.245 e. The highest BCUT2D eigenvalue weighted by Gasteiger charge is 1.98. The molecule has 0 spiro atoms. The average molecular weight is 353 g/mol. The van der Waals surface area contributed by atoms with Gasteiger partial charge in [-0.3, -0.25) is 0 Å².